The van der Waals surface area contributed by atoms with Crippen molar-refractivity contribution in [2.75, 3.05) is 10.0 Å². The number of aryl methyl sites for hydroxylation is 1. The fourth-order valence-electron chi connectivity index (χ4n) is 2.65. The summed E-state index contributed by atoms with van der Waals surface area (Å²) in [6, 6.07) is 18.6. The van der Waals surface area contributed by atoms with Gasteiger partial charge in [0.05, 0.1) is 9.82 Å². The van der Waals surface area contributed by atoms with Crippen LogP contribution in [0, 0.1) is 17.0 Å². The Morgan fingerprint density at radius 3 is 2.26 bits per heavy atom. The molecule has 158 valence electrons. The molecule has 0 saturated carbocycles. The van der Waals surface area contributed by atoms with Crippen molar-refractivity contribution in [2.24, 2.45) is 0 Å². The largest absolute Gasteiger partial charge is 0.323 e. The van der Waals surface area contributed by atoms with Gasteiger partial charge in [-0.1, -0.05) is 29.8 Å². The zero-order chi connectivity index (χ0) is 22.4. The van der Waals surface area contributed by atoms with Crippen molar-refractivity contribution in [3.8, 4) is 0 Å². The number of nitro benzene ring substituents is 1. The number of amides is 1. The van der Waals surface area contributed by atoms with Gasteiger partial charge in [-0.3, -0.25) is 19.6 Å². The van der Waals surface area contributed by atoms with Crippen molar-refractivity contribution in [1.29, 1.82) is 0 Å². The standard InChI is InChI=1S/C22H19N3O5S/c1-16-5-12-21(13-6-16)31(29,30)24-19-10-8-18(9-11-19)23-22(26)14-7-17-3-2-4-20(15-17)25(27)28/h2-15,24H,1H3,(H,23,26)/b14-7+. The third-order valence-electron chi connectivity index (χ3n) is 4.24. The molecule has 0 aliphatic heterocycles. The minimum atomic E-state index is -3.71. The number of hydrogen-bond donors (Lipinski definition) is 2. The summed E-state index contributed by atoms with van der Waals surface area (Å²) >= 11 is 0. The van der Waals surface area contributed by atoms with Crippen molar-refractivity contribution in [2.45, 2.75) is 11.8 Å². The first-order valence-electron chi connectivity index (χ1n) is 9.16. The molecule has 0 atom stereocenters. The molecule has 0 spiro atoms. The third kappa shape index (κ3) is 6.00. The van der Waals surface area contributed by atoms with Gasteiger partial charge in [0, 0.05) is 29.6 Å². The number of nitrogens with one attached hydrogen (secondary N) is 2. The summed E-state index contributed by atoms with van der Waals surface area (Å²) in [5.74, 6) is -0.431. The number of sulfonamides is 1. The molecule has 0 aliphatic rings. The van der Waals surface area contributed by atoms with E-state index in [0.717, 1.165) is 5.56 Å². The monoisotopic (exact) mass is 437 g/mol. The van der Waals surface area contributed by atoms with Crippen molar-refractivity contribution in [3.63, 3.8) is 0 Å². The van der Waals surface area contributed by atoms with Crippen molar-refractivity contribution in [3.05, 3.63) is 100 Å². The zero-order valence-electron chi connectivity index (χ0n) is 16.5. The summed E-state index contributed by atoms with van der Waals surface area (Å²) in [5.41, 5.74) is 2.23. The Morgan fingerprint density at radius 2 is 1.61 bits per heavy atom. The molecule has 0 aliphatic carbocycles. The second-order valence-corrected chi connectivity index (χ2v) is 8.35. The molecule has 0 bridgehead atoms. The van der Waals surface area contributed by atoms with E-state index in [9.17, 15) is 23.3 Å². The fourth-order valence-corrected chi connectivity index (χ4v) is 3.71. The Labute approximate surface area is 179 Å². The van der Waals surface area contributed by atoms with E-state index in [0.29, 0.717) is 16.9 Å². The number of benzene rings is 3. The first kappa shape index (κ1) is 21.7. The average Bonchev–Trinajstić information content (AvgIpc) is 2.74. The van der Waals surface area contributed by atoms with Crippen LogP contribution in [0.25, 0.3) is 6.08 Å². The van der Waals surface area contributed by atoms with E-state index in [1.54, 1.807) is 30.3 Å². The summed E-state index contributed by atoms with van der Waals surface area (Å²) in [7, 11) is -3.71. The van der Waals surface area contributed by atoms with E-state index in [1.165, 1.54) is 54.6 Å². The maximum absolute atomic E-state index is 12.4. The van der Waals surface area contributed by atoms with Crippen LogP contribution in [0.1, 0.15) is 11.1 Å². The van der Waals surface area contributed by atoms with Crippen LogP contribution in [-0.2, 0) is 14.8 Å². The molecule has 0 fully saturated rings. The summed E-state index contributed by atoms with van der Waals surface area (Å²) in [6.07, 6.45) is 2.72. The van der Waals surface area contributed by atoms with Crippen molar-refractivity contribution >= 4 is 39.1 Å². The molecule has 0 saturated heterocycles. The molecule has 0 heterocycles. The van der Waals surface area contributed by atoms with Crippen LogP contribution in [0.15, 0.2) is 83.8 Å². The Bertz CT molecular complexity index is 1230. The summed E-state index contributed by atoms with van der Waals surface area (Å²) in [4.78, 5) is 22.5. The van der Waals surface area contributed by atoms with Gasteiger partial charge >= 0.3 is 0 Å². The normalized spacial score (nSPS) is 11.3. The highest BCUT2D eigenvalue weighted by atomic mass is 32.2. The quantitative estimate of drug-likeness (QED) is 0.323. The smallest absolute Gasteiger partial charge is 0.270 e. The lowest BCUT2D eigenvalue weighted by atomic mass is 10.2. The van der Waals surface area contributed by atoms with Crippen LogP contribution < -0.4 is 10.0 Å². The molecular formula is C22H19N3O5S. The molecule has 8 nitrogen and oxygen atoms in total. The second-order valence-electron chi connectivity index (χ2n) is 6.67. The zero-order valence-corrected chi connectivity index (χ0v) is 17.3. The number of nitrogens with zero attached hydrogens (tertiary/aromatic N) is 1. The van der Waals surface area contributed by atoms with E-state index < -0.39 is 20.9 Å². The molecule has 3 aromatic carbocycles. The highest BCUT2D eigenvalue weighted by molar-refractivity contribution is 7.92. The van der Waals surface area contributed by atoms with Crippen molar-refractivity contribution < 1.29 is 18.1 Å². The van der Waals surface area contributed by atoms with Crippen molar-refractivity contribution in [1.82, 2.24) is 0 Å². The van der Waals surface area contributed by atoms with E-state index in [1.807, 2.05) is 6.92 Å². The molecule has 2 N–H and O–H groups in total. The van der Waals surface area contributed by atoms with Crippen LogP contribution in [-0.4, -0.2) is 19.2 Å². The number of rotatable bonds is 7. The van der Waals surface area contributed by atoms with Gasteiger partial charge in [-0.2, -0.15) is 0 Å². The molecule has 31 heavy (non-hydrogen) atoms. The Kier molecular flexibility index (Phi) is 6.46. The first-order chi connectivity index (χ1) is 14.7. The van der Waals surface area contributed by atoms with Crippen LogP contribution in [0.4, 0.5) is 17.1 Å². The van der Waals surface area contributed by atoms with Crippen LogP contribution in [0.2, 0.25) is 0 Å². The highest BCUT2D eigenvalue weighted by Crippen LogP contribution is 2.19. The fraction of sp³-hybridized carbons (Fsp3) is 0.0455. The van der Waals surface area contributed by atoms with E-state index in [4.69, 9.17) is 0 Å². The van der Waals surface area contributed by atoms with E-state index >= 15 is 0 Å². The lowest BCUT2D eigenvalue weighted by Crippen LogP contribution is -2.13. The topological polar surface area (TPSA) is 118 Å². The predicted molar refractivity (Wildman–Crippen MR) is 119 cm³/mol. The molecule has 0 aromatic heterocycles. The number of carbonyl (C=O) groups excluding carboxylic acids is 1. The SMILES string of the molecule is Cc1ccc(S(=O)(=O)Nc2ccc(NC(=O)/C=C/c3cccc([N+](=O)[O-])c3)cc2)cc1. The Morgan fingerprint density at radius 1 is 0.968 bits per heavy atom. The highest BCUT2D eigenvalue weighted by Gasteiger charge is 2.13. The molecule has 3 aromatic rings. The Hall–Kier alpha value is -3.98. The minimum Gasteiger partial charge on any atom is -0.323 e. The van der Waals surface area contributed by atoms with Gasteiger partial charge in [0.15, 0.2) is 0 Å². The van der Waals surface area contributed by atoms with Gasteiger partial charge in [-0.25, -0.2) is 8.42 Å². The number of anilines is 2. The number of nitro groups is 1. The first-order valence-corrected chi connectivity index (χ1v) is 10.6. The Balaban J connectivity index is 1.62. The summed E-state index contributed by atoms with van der Waals surface area (Å²) in [6.45, 7) is 1.87. The van der Waals surface area contributed by atoms with Crippen LogP contribution in [0.5, 0.6) is 0 Å². The van der Waals surface area contributed by atoms with Crippen LogP contribution >= 0.6 is 0 Å². The van der Waals surface area contributed by atoms with Crippen LogP contribution in [0.3, 0.4) is 0 Å². The molecule has 3 rings (SSSR count). The van der Waals surface area contributed by atoms with Gasteiger partial charge in [0.25, 0.3) is 15.7 Å². The minimum absolute atomic E-state index is 0.0637. The number of non-ortho nitro benzene ring substituents is 1. The van der Waals surface area contributed by atoms with Gasteiger partial charge < -0.3 is 5.32 Å². The van der Waals surface area contributed by atoms with Gasteiger partial charge in [-0.15, -0.1) is 0 Å². The van der Waals surface area contributed by atoms with E-state index in [-0.39, 0.29) is 10.6 Å². The third-order valence-corrected chi connectivity index (χ3v) is 5.64. The maximum atomic E-state index is 12.4. The summed E-state index contributed by atoms with van der Waals surface area (Å²) in [5, 5.41) is 13.4. The lowest BCUT2D eigenvalue weighted by Gasteiger charge is -2.09. The van der Waals surface area contributed by atoms with E-state index in [2.05, 4.69) is 10.0 Å². The lowest BCUT2D eigenvalue weighted by molar-refractivity contribution is -0.384. The van der Waals surface area contributed by atoms with Gasteiger partial charge in [-0.05, 0) is 55.0 Å². The summed E-state index contributed by atoms with van der Waals surface area (Å²) < 4.78 is 27.3. The predicted octanol–water partition coefficient (Wildman–Crippen LogP) is 4.36. The molecule has 0 radical (unpaired) electrons. The molecule has 0 unspecified atom stereocenters. The molecule has 9 heteroatoms. The second kappa shape index (κ2) is 9.23. The van der Waals surface area contributed by atoms with Gasteiger partial charge in [0.1, 0.15) is 0 Å². The maximum Gasteiger partial charge on any atom is 0.270 e. The van der Waals surface area contributed by atoms with Gasteiger partial charge in [0.2, 0.25) is 5.91 Å². The number of hydrogen-bond acceptors (Lipinski definition) is 5. The number of carbonyl (C=O) groups is 1. The molecular weight excluding hydrogens is 418 g/mol. The average molecular weight is 437 g/mol. The molecule has 1 amide bonds.